The van der Waals surface area contributed by atoms with Crippen LogP contribution in [0.5, 0.6) is 0 Å². The summed E-state index contributed by atoms with van der Waals surface area (Å²) in [6.07, 6.45) is 1.14. The summed E-state index contributed by atoms with van der Waals surface area (Å²) in [5, 5.41) is 5.29. The lowest BCUT2D eigenvalue weighted by molar-refractivity contribution is 0.624. The summed E-state index contributed by atoms with van der Waals surface area (Å²) in [4.78, 5) is 8.85. The average Bonchev–Trinajstić information content (AvgIpc) is 3.10. The Kier molecular flexibility index (Phi) is 2.83. The predicted octanol–water partition coefficient (Wildman–Crippen LogP) is 4.93. The summed E-state index contributed by atoms with van der Waals surface area (Å²) in [5.74, 6) is -0.954. The van der Waals surface area contributed by atoms with Gasteiger partial charge in [0.2, 0.25) is 0 Å². The molecule has 21 heavy (non-hydrogen) atoms. The number of fused-ring (bicyclic) bond motifs is 2. The van der Waals surface area contributed by atoms with Crippen molar-refractivity contribution in [3.05, 3.63) is 46.9 Å². The Bertz CT molecular complexity index is 961. The Labute approximate surface area is 125 Å². The van der Waals surface area contributed by atoms with Gasteiger partial charge in [-0.15, -0.1) is 22.7 Å². The van der Waals surface area contributed by atoms with E-state index in [0.717, 1.165) is 10.9 Å². The number of thiazole rings is 1. The average molecular weight is 319 g/mol. The van der Waals surface area contributed by atoms with Gasteiger partial charge in [-0.3, -0.25) is 0 Å². The van der Waals surface area contributed by atoms with E-state index in [4.69, 9.17) is 0 Å². The van der Waals surface area contributed by atoms with Gasteiger partial charge >= 0.3 is 0 Å². The third kappa shape index (κ3) is 2.05. The van der Waals surface area contributed by atoms with Crippen LogP contribution in [0.25, 0.3) is 20.4 Å². The van der Waals surface area contributed by atoms with Gasteiger partial charge in [0, 0.05) is 5.39 Å². The molecule has 104 valence electrons. The first kappa shape index (κ1) is 12.6. The zero-order valence-electron chi connectivity index (χ0n) is 10.4. The number of rotatable bonds is 2. The minimum atomic E-state index is -0.515. The normalized spacial score (nSPS) is 11.3. The highest BCUT2D eigenvalue weighted by Gasteiger charge is 2.13. The number of hydrogen-bond acceptors (Lipinski definition) is 5. The highest BCUT2D eigenvalue weighted by Crippen LogP contribution is 2.33. The summed E-state index contributed by atoms with van der Waals surface area (Å²) in [5.41, 5.74) is 2.76. The van der Waals surface area contributed by atoms with Crippen LogP contribution in [-0.4, -0.2) is 9.97 Å². The minimum absolute atomic E-state index is 0.200. The van der Waals surface area contributed by atoms with Gasteiger partial charge < -0.3 is 5.32 Å². The molecule has 0 atom stereocenters. The van der Waals surface area contributed by atoms with Crippen molar-refractivity contribution >= 4 is 54.5 Å². The minimum Gasteiger partial charge on any atom is -0.350 e. The fourth-order valence-corrected chi connectivity index (χ4v) is 3.56. The van der Waals surface area contributed by atoms with Gasteiger partial charge in [-0.25, -0.2) is 18.7 Å². The Morgan fingerprint density at radius 3 is 2.86 bits per heavy atom. The van der Waals surface area contributed by atoms with Gasteiger partial charge in [0.1, 0.15) is 10.6 Å². The first-order chi connectivity index (χ1) is 10.2. The van der Waals surface area contributed by atoms with Gasteiger partial charge in [0.15, 0.2) is 5.82 Å². The van der Waals surface area contributed by atoms with Crippen LogP contribution in [0, 0.1) is 11.6 Å². The Morgan fingerprint density at radius 2 is 1.95 bits per heavy atom. The molecular formula is C14H7F2N3S2. The molecule has 0 aliphatic carbocycles. The lowest BCUT2D eigenvalue weighted by Crippen LogP contribution is -1.98. The van der Waals surface area contributed by atoms with Crippen LogP contribution in [0.2, 0.25) is 0 Å². The maximum absolute atomic E-state index is 14.1. The van der Waals surface area contributed by atoms with Crippen molar-refractivity contribution in [1.82, 2.24) is 9.97 Å². The van der Waals surface area contributed by atoms with Gasteiger partial charge in [-0.1, -0.05) is 0 Å². The number of thiophene rings is 1. The van der Waals surface area contributed by atoms with E-state index in [-0.39, 0.29) is 11.4 Å². The first-order valence-electron chi connectivity index (χ1n) is 6.04. The third-order valence-electron chi connectivity index (χ3n) is 3.13. The molecule has 0 radical (unpaired) electrons. The van der Waals surface area contributed by atoms with Gasteiger partial charge in [0.05, 0.1) is 33.3 Å². The zero-order chi connectivity index (χ0) is 14.4. The van der Waals surface area contributed by atoms with Gasteiger partial charge in [0.25, 0.3) is 0 Å². The van der Waals surface area contributed by atoms with E-state index in [1.807, 2.05) is 5.38 Å². The van der Waals surface area contributed by atoms with Gasteiger partial charge in [-0.05, 0) is 23.6 Å². The number of nitrogens with one attached hydrogen (secondary N) is 1. The molecule has 0 aliphatic heterocycles. The van der Waals surface area contributed by atoms with Crippen LogP contribution < -0.4 is 5.32 Å². The van der Waals surface area contributed by atoms with Crippen LogP contribution in [0.1, 0.15) is 0 Å². The molecule has 4 aromatic rings. The van der Waals surface area contributed by atoms with Crippen molar-refractivity contribution in [2.24, 2.45) is 0 Å². The van der Waals surface area contributed by atoms with E-state index in [1.165, 1.54) is 28.7 Å². The molecule has 3 aromatic heterocycles. The number of nitrogens with zero attached hydrogens (tertiary/aromatic N) is 2. The number of halogens is 2. The maximum Gasteiger partial charge on any atom is 0.165 e. The standard InChI is InChI=1S/C14H7F2N3S2/c15-8-3-12-11(18-6-21-12)4-10(8)19-13-7-1-2-20-14(7)17-5-9(13)16/h1-6H,(H,17,19). The first-order valence-corrected chi connectivity index (χ1v) is 7.80. The van der Waals surface area contributed by atoms with Crippen LogP contribution in [-0.2, 0) is 0 Å². The SMILES string of the molecule is Fc1cc2scnc2cc1Nc1c(F)cnc2sccc12. The number of hydrogen-bond donors (Lipinski definition) is 1. The molecule has 0 aliphatic rings. The number of aromatic nitrogens is 2. The molecule has 0 fully saturated rings. The Hall–Kier alpha value is -2.12. The van der Waals surface area contributed by atoms with E-state index in [9.17, 15) is 8.78 Å². The molecule has 4 rings (SSSR count). The van der Waals surface area contributed by atoms with Crippen LogP contribution in [0.3, 0.4) is 0 Å². The smallest absolute Gasteiger partial charge is 0.165 e. The van der Waals surface area contributed by atoms with Crippen molar-refractivity contribution < 1.29 is 8.78 Å². The number of pyridine rings is 1. The topological polar surface area (TPSA) is 37.8 Å². The fraction of sp³-hybridized carbons (Fsp3) is 0. The van der Waals surface area contributed by atoms with Crippen molar-refractivity contribution in [3.8, 4) is 0 Å². The van der Waals surface area contributed by atoms with E-state index >= 15 is 0 Å². The van der Waals surface area contributed by atoms with E-state index in [0.29, 0.717) is 15.7 Å². The molecule has 0 unspecified atom stereocenters. The molecule has 3 heterocycles. The number of anilines is 2. The lowest BCUT2D eigenvalue weighted by Gasteiger charge is -2.09. The largest absolute Gasteiger partial charge is 0.350 e. The quantitative estimate of drug-likeness (QED) is 0.569. The summed E-state index contributed by atoms with van der Waals surface area (Å²) >= 11 is 2.77. The molecule has 1 N–H and O–H groups in total. The second-order valence-corrected chi connectivity index (χ2v) is 6.18. The van der Waals surface area contributed by atoms with Crippen molar-refractivity contribution in [2.75, 3.05) is 5.32 Å². The number of benzene rings is 1. The second-order valence-electron chi connectivity index (χ2n) is 4.40. The lowest BCUT2D eigenvalue weighted by atomic mass is 10.2. The van der Waals surface area contributed by atoms with Crippen molar-refractivity contribution in [2.45, 2.75) is 0 Å². The molecule has 7 heteroatoms. The van der Waals surface area contributed by atoms with Crippen LogP contribution >= 0.6 is 22.7 Å². The monoisotopic (exact) mass is 319 g/mol. The second kappa shape index (κ2) is 4.71. The van der Waals surface area contributed by atoms with Gasteiger partial charge in [-0.2, -0.15) is 0 Å². The van der Waals surface area contributed by atoms with Crippen LogP contribution in [0.15, 0.2) is 35.3 Å². The van der Waals surface area contributed by atoms with E-state index in [1.54, 1.807) is 17.6 Å². The summed E-state index contributed by atoms with van der Waals surface area (Å²) in [6, 6.07) is 4.75. The summed E-state index contributed by atoms with van der Waals surface area (Å²) < 4.78 is 28.9. The summed E-state index contributed by atoms with van der Waals surface area (Å²) in [7, 11) is 0. The van der Waals surface area contributed by atoms with Crippen molar-refractivity contribution in [1.29, 1.82) is 0 Å². The van der Waals surface area contributed by atoms with E-state index in [2.05, 4.69) is 15.3 Å². The predicted molar refractivity (Wildman–Crippen MR) is 82.4 cm³/mol. The molecule has 3 nitrogen and oxygen atoms in total. The highest BCUT2D eigenvalue weighted by atomic mass is 32.1. The third-order valence-corrected chi connectivity index (χ3v) is 4.74. The molecule has 0 saturated carbocycles. The molecule has 0 saturated heterocycles. The van der Waals surface area contributed by atoms with Crippen LogP contribution in [0.4, 0.5) is 20.2 Å². The fourth-order valence-electron chi connectivity index (χ4n) is 2.14. The Morgan fingerprint density at radius 1 is 1.05 bits per heavy atom. The van der Waals surface area contributed by atoms with Crippen molar-refractivity contribution in [3.63, 3.8) is 0 Å². The maximum atomic E-state index is 14.1. The van der Waals surface area contributed by atoms with E-state index < -0.39 is 11.6 Å². The molecule has 1 aromatic carbocycles. The molecule has 0 bridgehead atoms. The molecular weight excluding hydrogens is 312 g/mol. The summed E-state index contributed by atoms with van der Waals surface area (Å²) in [6.45, 7) is 0. The highest BCUT2D eigenvalue weighted by molar-refractivity contribution is 7.17. The molecule has 0 spiro atoms. The Balaban J connectivity index is 1.87. The zero-order valence-corrected chi connectivity index (χ0v) is 12.1. The molecule has 0 amide bonds.